The largest absolute Gasteiger partial charge is 0.460 e. The molecule has 0 unspecified atom stereocenters. The fraction of sp³-hybridized carbons (Fsp3) is 0.278. The van der Waals surface area contributed by atoms with Crippen LogP contribution < -0.4 is 0 Å². The van der Waals surface area contributed by atoms with Crippen LogP contribution in [0.4, 0.5) is 4.79 Å². The van der Waals surface area contributed by atoms with E-state index in [9.17, 15) is 9.59 Å². The average molecular weight is 341 g/mol. The Morgan fingerprint density at radius 1 is 1.24 bits per heavy atom. The number of benzene rings is 1. The number of methoxy groups -OCH3 is 1. The highest BCUT2D eigenvalue weighted by Crippen LogP contribution is 2.23. The van der Waals surface area contributed by atoms with Gasteiger partial charge in [0.05, 0.1) is 12.6 Å². The summed E-state index contributed by atoms with van der Waals surface area (Å²) >= 11 is 0. The van der Waals surface area contributed by atoms with Crippen molar-refractivity contribution >= 4 is 34.8 Å². The molecule has 0 radical (unpaired) electrons. The first kappa shape index (κ1) is 18.2. The lowest BCUT2D eigenvalue weighted by Crippen LogP contribution is -2.26. The van der Waals surface area contributed by atoms with Gasteiger partial charge in [0.25, 0.3) is 0 Å². The Balaban J connectivity index is 2.47. The Kier molecular flexibility index (Phi) is 5.20. The molecule has 0 aliphatic carbocycles. The van der Waals surface area contributed by atoms with Gasteiger partial charge >= 0.3 is 17.8 Å². The number of fused-ring (bicyclic) bond motifs is 1. The van der Waals surface area contributed by atoms with E-state index < -0.39 is 17.7 Å². The first-order valence-corrected chi connectivity index (χ1v) is 7.58. The fourth-order valence-corrected chi connectivity index (χ4v) is 2.22. The second-order valence-electron chi connectivity index (χ2n) is 6.26. The van der Waals surface area contributed by atoms with Crippen LogP contribution in [-0.2, 0) is 14.3 Å². The normalized spacial score (nSPS) is 11.4. The second-order valence-corrected chi connectivity index (χ2v) is 6.26. The Morgan fingerprint density at radius 3 is 2.52 bits per heavy atom. The summed E-state index contributed by atoms with van der Waals surface area (Å²) in [6.45, 7) is 5.37. The van der Waals surface area contributed by atoms with Gasteiger partial charge in [-0.3, -0.25) is 4.57 Å². The van der Waals surface area contributed by atoms with E-state index >= 15 is 0 Å². The first-order chi connectivity index (χ1) is 11.8. The Morgan fingerprint density at radius 2 is 1.92 bits per heavy atom. The quantitative estimate of drug-likeness (QED) is 0.370. The Labute approximate surface area is 145 Å². The summed E-state index contributed by atoms with van der Waals surface area (Å²) in [5.41, 5.74) is 9.34. The molecular formula is C18H19N3O4. The van der Waals surface area contributed by atoms with Crippen LogP contribution in [-0.4, -0.2) is 39.8 Å². The van der Waals surface area contributed by atoms with Gasteiger partial charge < -0.3 is 15.0 Å². The van der Waals surface area contributed by atoms with E-state index in [0.29, 0.717) is 11.1 Å². The maximum absolute atomic E-state index is 12.4. The van der Waals surface area contributed by atoms with Gasteiger partial charge in [-0.25, -0.2) is 9.59 Å². The van der Waals surface area contributed by atoms with E-state index in [2.05, 4.69) is 9.53 Å². The van der Waals surface area contributed by atoms with E-state index in [4.69, 9.17) is 10.3 Å². The third kappa shape index (κ3) is 4.22. The fourth-order valence-electron chi connectivity index (χ4n) is 2.22. The lowest BCUT2D eigenvalue weighted by Gasteiger charge is -2.19. The number of nitrogens with zero attached hydrogens (tertiary/aromatic N) is 3. The molecule has 0 bridgehead atoms. The molecule has 2 aromatic rings. The van der Waals surface area contributed by atoms with Crippen molar-refractivity contribution in [2.24, 2.45) is 0 Å². The van der Waals surface area contributed by atoms with Crippen LogP contribution in [0.2, 0.25) is 0 Å². The van der Waals surface area contributed by atoms with Crippen LogP contribution in [0.3, 0.4) is 0 Å². The van der Waals surface area contributed by atoms with Crippen molar-refractivity contribution in [3.8, 4) is 0 Å². The van der Waals surface area contributed by atoms with Crippen molar-refractivity contribution in [1.29, 1.82) is 0 Å². The summed E-state index contributed by atoms with van der Waals surface area (Å²) < 4.78 is 11.3. The summed E-state index contributed by atoms with van der Waals surface area (Å²) in [6, 6.07) is 7.27. The lowest BCUT2D eigenvalue weighted by molar-refractivity contribution is -0.137. The molecule has 0 N–H and O–H groups in total. The zero-order chi connectivity index (χ0) is 18.6. The van der Waals surface area contributed by atoms with E-state index in [1.165, 1.54) is 17.8 Å². The molecule has 1 heterocycles. The van der Waals surface area contributed by atoms with Gasteiger partial charge in [-0.2, -0.15) is 4.79 Å². The molecule has 7 heteroatoms. The lowest BCUT2D eigenvalue weighted by atomic mass is 10.1. The topological polar surface area (TPSA) is 93.9 Å². The number of hydrogen-bond donors (Lipinski definition) is 0. The molecule has 130 valence electrons. The summed E-state index contributed by atoms with van der Waals surface area (Å²) in [5.74, 6) is -0.769. The molecule has 2 rings (SSSR count). The minimum atomic E-state index is -0.769. The number of carbonyl (C=O) groups excluding carboxylic acids is 2. The SMILES string of the molecule is COC(=O)C(/C=C/c1cn(C(=O)OC(C)(C)C)c2ccccc12)=[N+]=[N-]. The molecule has 0 amide bonds. The predicted octanol–water partition coefficient (Wildman–Crippen LogP) is 3.28. The van der Waals surface area contributed by atoms with Crippen molar-refractivity contribution in [1.82, 2.24) is 4.57 Å². The number of esters is 1. The van der Waals surface area contributed by atoms with Gasteiger partial charge in [-0.1, -0.05) is 18.2 Å². The molecule has 1 aromatic carbocycles. The average Bonchev–Trinajstić information content (AvgIpc) is 2.93. The molecule has 0 spiro atoms. The second kappa shape index (κ2) is 7.15. The van der Waals surface area contributed by atoms with Gasteiger partial charge in [-0.05, 0) is 32.9 Å². The molecule has 7 nitrogen and oxygen atoms in total. The van der Waals surface area contributed by atoms with Gasteiger partial charge in [0.1, 0.15) is 5.60 Å². The number of rotatable bonds is 3. The van der Waals surface area contributed by atoms with Crippen LogP contribution >= 0.6 is 0 Å². The highest BCUT2D eigenvalue weighted by Gasteiger charge is 2.21. The maximum Gasteiger partial charge on any atom is 0.421 e. The minimum absolute atomic E-state index is 0.253. The Bertz CT molecular complexity index is 897. The third-order valence-corrected chi connectivity index (χ3v) is 3.26. The number of carbonyl (C=O) groups is 2. The highest BCUT2D eigenvalue weighted by atomic mass is 16.6. The van der Waals surface area contributed by atoms with Gasteiger partial charge in [0.2, 0.25) is 0 Å². The molecule has 0 saturated heterocycles. The number of aromatic nitrogens is 1. The van der Waals surface area contributed by atoms with Crippen LogP contribution in [0, 0.1) is 0 Å². The number of para-hydroxylation sites is 1. The molecule has 1 aromatic heterocycles. The van der Waals surface area contributed by atoms with Crippen molar-refractivity contribution in [2.75, 3.05) is 7.11 Å². The zero-order valence-corrected chi connectivity index (χ0v) is 14.5. The summed E-state index contributed by atoms with van der Waals surface area (Å²) in [4.78, 5) is 26.8. The van der Waals surface area contributed by atoms with Gasteiger partial charge in [0, 0.05) is 23.2 Å². The number of hydrogen-bond acceptors (Lipinski definition) is 4. The standard InChI is InChI=1S/C18H19N3O4/c1-18(2,3)25-17(23)21-11-12(13-7-5-6-8-15(13)21)9-10-14(20-19)16(22)24-4/h5-11H,1-4H3/b10-9+. The van der Waals surface area contributed by atoms with Crippen molar-refractivity contribution in [3.05, 3.63) is 47.6 Å². The summed E-state index contributed by atoms with van der Waals surface area (Å²) in [6.07, 6.45) is 3.97. The minimum Gasteiger partial charge on any atom is -0.460 e. The first-order valence-electron chi connectivity index (χ1n) is 7.58. The van der Waals surface area contributed by atoms with Crippen molar-refractivity contribution < 1.29 is 23.9 Å². The van der Waals surface area contributed by atoms with Gasteiger partial charge in [0.15, 0.2) is 0 Å². The van der Waals surface area contributed by atoms with E-state index in [0.717, 1.165) is 5.39 Å². The van der Waals surface area contributed by atoms with E-state index in [1.807, 2.05) is 18.2 Å². The molecular weight excluding hydrogens is 322 g/mol. The van der Waals surface area contributed by atoms with Gasteiger partial charge in [-0.15, -0.1) is 0 Å². The molecule has 0 atom stereocenters. The smallest absolute Gasteiger partial charge is 0.421 e. The van der Waals surface area contributed by atoms with Crippen LogP contribution in [0.25, 0.3) is 22.5 Å². The zero-order valence-electron chi connectivity index (χ0n) is 14.5. The third-order valence-electron chi connectivity index (χ3n) is 3.26. The van der Waals surface area contributed by atoms with Crippen LogP contribution in [0.5, 0.6) is 0 Å². The molecule has 0 saturated carbocycles. The molecule has 0 fully saturated rings. The van der Waals surface area contributed by atoms with Crippen molar-refractivity contribution in [2.45, 2.75) is 26.4 Å². The molecule has 0 aliphatic rings. The van der Waals surface area contributed by atoms with E-state index in [1.54, 1.807) is 39.1 Å². The summed E-state index contributed by atoms with van der Waals surface area (Å²) in [5, 5.41) is 0.784. The monoisotopic (exact) mass is 341 g/mol. The Hall–Kier alpha value is -3.18. The summed E-state index contributed by atoms with van der Waals surface area (Å²) in [7, 11) is 1.19. The highest BCUT2D eigenvalue weighted by molar-refractivity contribution is 6.39. The van der Waals surface area contributed by atoms with Crippen molar-refractivity contribution in [3.63, 3.8) is 0 Å². The molecule has 25 heavy (non-hydrogen) atoms. The predicted molar refractivity (Wildman–Crippen MR) is 93.2 cm³/mol. The van der Waals surface area contributed by atoms with Crippen LogP contribution in [0.1, 0.15) is 26.3 Å². The molecule has 0 aliphatic heterocycles. The van der Waals surface area contributed by atoms with Crippen LogP contribution in [0.15, 0.2) is 36.5 Å². The maximum atomic E-state index is 12.4. The number of ether oxygens (including phenoxy) is 2. The van der Waals surface area contributed by atoms with E-state index in [-0.39, 0.29) is 5.71 Å².